The topological polar surface area (TPSA) is 113 Å². The van der Waals surface area contributed by atoms with Crippen molar-refractivity contribution in [3.8, 4) is 0 Å². The third kappa shape index (κ3) is 2.39. The number of rotatable bonds is 5. The van der Waals surface area contributed by atoms with Gasteiger partial charge in [0, 0.05) is 19.3 Å². The predicted molar refractivity (Wildman–Crippen MR) is 71.5 cm³/mol. The molecule has 1 N–H and O–H groups in total. The van der Waals surface area contributed by atoms with Crippen LogP contribution in [0.25, 0.3) is 11.2 Å². The van der Waals surface area contributed by atoms with Gasteiger partial charge in [0.25, 0.3) is 5.56 Å². The summed E-state index contributed by atoms with van der Waals surface area (Å²) in [6.07, 6.45) is 1.55. The minimum Gasteiger partial charge on any atom is -0.549 e. The molecule has 0 aliphatic rings. The van der Waals surface area contributed by atoms with Crippen LogP contribution in [0.4, 0.5) is 0 Å². The maximum Gasteiger partial charge on any atom is 0.329 e. The van der Waals surface area contributed by atoms with Crippen LogP contribution >= 0.6 is 11.8 Å². The molecule has 0 aliphatic heterocycles. The molecule has 0 fully saturated rings. The van der Waals surface area contributed by atoms with E-state index < -0.39 is 17.2 Å². The van der Waals surface area contributed by atoms with E-state index in [9.17, 15) is 19.5 Å². The predicted octanol–water partition coefficient (Wildman–Crippen LogP) is -1.55. The number of hydrogen-bond donors (Lipinski definition) is 1. The summed E-state index contributed by atoms with van der Waals surface area (Å²) in [4.78, 5) is 40.3. The molecule has 9 heteroatoms. The molecule has 0 unspecified atom stereocenters. The van der Waals surface area contributed by atoms with Crippen molar-refractivity contribution in [3.05, 3.63) is 33.5 Å². The Balaban J connectivity index is 2.72. The second-order valence-corrected chi connectivity index (χ2v) is 4.89. The summed E-state index contributed by atoms with van der Waals surface area (Å²) in [7, 11) is 1.47. The molecule has 2 aromatic rings. The van der Waals surface area contributed by atoms with Crippen LogP contribution in [-0.4, -0.2) is 30.8 Å². The third-order valence-electron chi connectivity index (χ3n) is 2.60. The first kappa shape index (κ1) is 14.1. The number of imidazole rings is 1. The number of nitrogens with zero attached hydrogens (tertiary/aromatic N) is 3. The number of fused-ring (bicyclic) bond motifs is 1. The zero-order valence-corrected chi connectivity index (χ0v) is 11.4. The summed E-state index contributed by atoms with van der Waals surface area (Å²) in [6.45, 7) is 3.85. The van der Waals surface area contributed by atoms with Crippen molar-refractivity contribution in [1.82, 2.24) is 19.1 Å². The Morgan fingerprint density at radius 1 is 1.55 bits per heavy atom. The maximum absolute atomic E-state index is 11.9. The highest BCUT2D eigenvalue weighted by atomic mass is 32.2. The second-order valence-electron chi connectivity index (χ2n) is 3.94. The number of aromatic nitrogens is 4. The number of allylic oxidation sites excluding steroid dienone is 1. The lowest BCUT2D eigenvalue weighted by Crippen LogP contribution is -2.29. The van der Waals surface area contributed by atoms with E-state index in [1.165, 1.54) is 16.2 Å². The molecule has 2 rings (SSSR count). The lowest BCUT2D eigenvalue weighted by Gasteiger charge is -2.05. The van der Waals surface area contributed by atoms with Crippen molar-refractivity contribution in [3.63, 3.8) is 0 Å². The lowest BCUT2D eigenvalue weighted by atomic mass is 10.5. The Kier molecular flexibility index (Phi) is 3.79. The van der Waals surface area contributed by atoms with Crippen LogP contribution in [0.3, 0.4) is 0 Å². The Hall–Kier alpha value is -2.29. The SMILES string of the molecule is C=CCn1c(SCC(=O)[O-])nc2c1c(=O)[nH]c(=O)n2C. The molecule has 0 aliphatic carbocycles. The fourth-order valence-electron chi connectivity index (χ4n) is 1.75. The molecule has 0 saturated carbocycles. The number of carbonyl (C=O) groups excluding carboxylic acids is 1. The number of aryl methyl sites for hydroxylation is 1. The molecule has 20 heavy (non-hydrogen) atoms. The van der Waals surface area contributed by atoms with E-state index in [0.29, 0.717) is 5.16 Å². The van der Waals surface area contributed by atoms with E-state index in [0.717, 1.165) is 11.8 Å². The molecular formula is C11H11N4O4S-. The van der Waals surface area contributed by atoms with E-state index in [4.69, 9.17) is 0 Å². The van der Waals surface area contributed by atoms with Gasteiger partial charge in [0.15, 0.2) is 16.3 Å². The minimum absolute atomic E-state index is 0.196. The first-order valence-corrected chi connectivity index (χ1v) is 6.57. The van der Waals surface area contributed by atoms with Crippen LogP contribution in [0.1, 0.15) is 0 Å². The summed E-state index contributed by atoms with van der Waals surface area (Å²) in [5, 5.41) is 10.8. The van der Waals surface area contributed by atoms with Gasteiger partial charge >= 0.3 is 5.69 Å². The van der Waals surface area contributed by atoms with Crippen molar-refractivity contribution in [2.75, 3.05) is 5.75 Å². The first-order valence-electron chi connectivity index (χ1n) is 5.58. The van der Waals surface area contributed by atoms with E-state index in [1.807, 2.05) is 0 Å². The van der Waals surface area contributed by atoms with Gasteiger partial charge in [0.2, 0.25) is 0 Å². The van der Waals surface area contributed by atoms with Gasteiger partial charge in [0.05, 0.1) is 5.97 Å². The molecule has 0 bridgehead atoms. The van der Waals surface area contributed by atoms with Gasteiger partial charge in [-0.2, -0.15) is 0 Å². The maximum atomic E-state index is 11.9. The molecule has 0 saturated heterocycles. The van der Waals surface area contributed by atoms with Crippen LogP contribution in [0.15, 0.2) is 27.4 Å². The largest absolute Gasteiger partial charge is 0.549 e. The normalized spacial score (nSPS) is 10.8. The van der Waals surface area contributed by atoms with Gasteiger partial charge in [-0.25, -0.2) is 9.78 Å². The van der Waals surface area contributed by atoms with Crippen molar-refractivity contribution in [2.45, 2.75) is 11.7 Å². The fraction of sp³-hybridized carbons (Fsp3) is 0.273. The molecule has 2 aromatic heterocycles. The van der Waals surface area contributed by atoms with Gasteiger partial charge in [-0.3, -0.25) is 14.3 Å². The van der Waals surface area contributed by atoms with Gasteiger partial charge in [0.1, 0.15) is 0 Å². The van der Waals surface area contributed by atoms with Gasteiger partial charge in [-0.1, -0.05) is 17.8 Å². The molecule has 2 heterocycles. The molecular weight excluding hydrogens is 284 g/mol. The Labute approximate surface area is 116 Å². The van der Waals surface area contributed by atoms with E-state index in [1.54, 1.807) is 6.08 Å². The van der Waals surface area contributed by atoms with E-state index >= 15 is 0 Å². The fourth-order valence-corrected chi connectivity index (χ4v) is 2.47. The molecule has 0 radical (unpaired) electrons. The third-order valence-corrected chi connectivity index (χ3v) is 3.55. The molecule has 0 spiro atoms. The molecule has 8 nitrogen and oxygen atoms in total. The van der Waals surface area contributed by atoms with Gasteiger partial charge in [-0.15, -0.1) is 6.58 Å². The molecule has 106 valence electrons. The van der Waals surface area contributed by atoms with Crippen molar-refractivity contribution >= 4 is 28.9 Å². The minimum atomic E-state index is -1.24. The van der Waals surface area contributed by atoms with Crippen molar-refractivity contribution in [2.24, 2.45) is 7.05 Å². The molecule has 0 atom stereocenters. The Bertz CT molecular complexity index is 801. The summed E-state index contributed by atoms with van der Waals surface area (Å²) in [5.41, 5.74) is -0.755. The van der Waals surface area contributed by atoms with Crippen LogP contribution in [0.5, 0.6) is 0 Å². The van der Waals surface area contributed by atoms with Gasteiger partial charge in [-0.05, 0) is 0 Å². The molecule has 0 amide bonds. The Morgan fingerprint density at radius 3 is 2.85 bits per heavy atom. The molecule has 0 aromatic carbocycles. The Morgan fingerprint density at radius 2 is 2.25 bits per heavy atom. The van der Waals surface area contributed by atoms with Crippen molar-refractivity contribution in [1.29, 1.82) is 0 Å². The monoisotopic (exact) mass is 295 g/mol. The van der Waals surface area contributed by atoms with Crippen LogP contribution in [-0.2, 0) is 18.4 Å². The van der Waals surface area contributed by atoms with E-state index in [-0.39, 0.29) is 23.5 Å². The smallest absolute Gasteiger partial charge is 0.329 e. The standard InChI is InChI=1S/C11H12N4O4S/c1-3-4-15-7-8(12-11(15)20-5-6(16)17)14(2)10(19)13-9(7)18/h3H,1,4-5H2,2H3,(H,16,17)(H,13,18,19)/p-1. The summed E-state index contributed by atoms with van der Waals surface area (Å²) < 4.78 is 2.70. The highest BCUT2D eigenvalue weighted by molar-refractivity contribution is 7.99. The number of aromatic amines is 1. The van der Waals surface area contributed by atoms with Crippen molar-refractivity contribution < 1.29 is 9.90 Å². The zero-order valence-electron chi connectivity index (χ0n) is 10.6. The summed E-state index contributed by atoms with van der Waals surface area (Å²) in [6, 6.07) is 0. The number of thioether (sulfide) groups is 1. The van der Waals surface area contributed by atoms with Crippen LogP contribution in [0, 0.1) is 0 Å². The van der Waals surface area contributed by atoms with Crippen LogP contribution < -0.4 is 16.4 Å². The number of hydrogen-bond acceptors (Lipinski definition) is 6. The highest BCUT2D eigenvalue weighted by Crippen LogP contribution is 2.20. The number of carbonyl (C=O) groups is 1. The lowest BCUT2D eigenvalue weighted by molar-refractivity contribution is -0.301. The van der Waals surface area contributed by atoms with Gasteiger partial charge < -0.3 is 14.5 Å². The highest BCUT2D eigenvalue weighted by Gasteiger charge is 2.16. The van der Waals surface area contributed by atoms with E-state index in [2.05, 4.69) is 16.5 Å². The number of carboxylic acids is 1. The quantitative estimate of drug-likeness (QED) is 0.528. The first-order chi connectivity index (χ1) is 9.45. The zero-order chi connectivity index (χ0) is 14.9. The number of H-pyrrole nitrogens is 1. The second kappa shape index (κ2) is 5.37. The summed E-state index contributed by atoms with van der Waals surface area (Å²) in [5.74, 6) is -1.54. The number of carboxylic acid groups (broad SMARTS) is 1. The summed E-state index contributed by atoms with van der Waals surface area (Å²) >= 11 is 0.918. The van der Waals surface area contributed by atoms with Crippen LogP contribution in [0.2, 0.25) is 0 Å². The number of aliphatic carboxylic acids is 1. The average molecular weight is 295 g/mol. The number of nitrogens with one attached hydrogen (secondary N) is 1. The average Bonchev–Trinajstić information content (AvgIpc) is 2.74.